The Labute approximate surface area is 128 Å². The number of aryl methyl sites for hydroxylation is 1. The Balaban J connectivity index is 2.08. The molecule has 2 rings (SSSR count). The number of benzene rings is 1. The zero-order valence-electron chi connectivity index (χ0n) is 12.2. The van der Waals surface area contributed by atoms with Gasteiger partial charge in [-0.15, -0.1) is 11.8 Å². The molecule has 112 valence electrons. The zero-order chi connectivity index (χ0) is 15.4. The first-order valence-corrected chi connectivity index (χ1v) is 8.01. The van der Waals surface area contributed by atoms with Gasteiger partial charge in [0.05, 0.1) is 5.37 Å². The maximum absolute atomic E-state index is 12.2. The molecule has 1 aliphatic rings. The lowest BCUT2D eigenvalue weighted by atomic mass is 10.1. The van der Waals surface area contributed by atoms with Crippen molar-refractivity contribution in [2.75, 3.05) is 5.75 Å². The summed E-state index contributed by atoms with van der Waals surface area (Å²) in [5.74, 6) is -0.748. The SMILES string of the molecule is CCc1ccc(C=CC(=O)N2C(C)SCC2C(=O)O)cc1. The van der Waals surface area contributed by atoms with E-state index < -0.39 is 12.0 Å². The Morgan fingerprint density at radius 1 is 1.38 bits per heavy atom. The molecule has 1 heterocycles. The van der Waals surface area contributed by atoms with Crippen LogP contribution in [0.15, 0.2) is 30.3 Å². The van der Waals surface area contributed by atoms with Gasteiger partial charge in [-0.3, -0.25) is 4.79 Å². The van der Waals surface area contributed by atoms with Crippen LogP contribution < -0.4 is 0 Å². The minimum absolute atomic E-state index is 0.106. The van der Waals surface area contributed by atoms with Crippen molar-refractivity contribution in [2.24, 2.45) is 0 Å². The highest BCUT2D eigenvalue weighted by atomic mass is 32.2. The molecule has 5 heteroatoms. The van der Waals surface area contributed by atoms with Crippen LogP contribution in [-0.4, -0.2) is 39.1 Å². The number of rotatable bonds is 4. The molecule has 1 aromatic carbocycles. The predicted octanol–water partition coefficient (Wildman–Crippen LogP) is 2.64. The Bertz CT molecular complexity index is 553. The molecule has 0 aromatic heterocycles. The summed E-state index contributed by atoms with van der Waals surface area (Å²) in [4.78, 5) is 24.8. The van der Waals surface area contributed by atoms with Crippen LogP contribution >= 0.6 is 11.8 Å². The van der Waals surface area contributed by atoms with Crippen molar-refractivity contribution in [3.8, 4) is 0 Å². The van der Waals surface area contributed by atoms with Crippen molar-refractivity contribution in [1.29, 1.82) is 0 Å². The average molecular weight is 305 g/mol. The van der Waals surface area contributed by atoms with E-state index in [1.54, 1.807) is 6.08 Å². The van der Waals surface area contributed by atoms with E-state index in [0.29, 0.717) is 5.75 Å². The van der Waals surface area contributed by atoms with Crippen molar-refractivity contribution < 1.29 is 14.7 Å². The van der Waals surface area contributed by atoms with Gasteiger partial charge in [-0.05, 0) is 30.5 Å². The third kappa shape index (κ3) is 3.67. The van der Waals surface area contributed by atoms with Gasteiger partial charge >= 0.3 is 5.97 Å². The maximum atomic E-state index is 12.2. The zero-order valence-corrected chi connectivity index (χ0v) is 13.0. The number of carbonyl (C=O) groups excluding carboxylic acids is 1. The molecule has 1 saturated heterocycles. The highest BCUT2D eigenvalue weighted by Crippen LogP contribution is 2.29. The van der Waals surface area contributed by atoms with Crippen LogP contribution in [0.4, 0.5) is 0 Å². The van der Waals surface area contributed by atoms with Gasteiger partial charge < -0.3 is 10.0 Å². The minimum Gasteiger partial charge on any atom is -0.480 e. The fourth-order valence-corrected chi connectivity index (χ4v) is 3.46. The third-order valence-corrected chi connectivity index (χ3v) is 4.79. The van der Waals surface area contributed by atoms with Gasteiger partial charge in [0.2, 0.25) is 5.91 Å². The van der Waals surface area contributed by atoms with Crippen LogP contribution in [0, 0.1) is 0 Å². The summed E-state index contributed by atoms with van der Waals surface area (Å²) in [6, 6.07) is 7.24. The Hall–Kier alpha value is -1.75. The lowest BCUT2D eigenvalue weighted by Crippen LogP contribution is -2.43. The van der Waals surface area contributed by atoms with E-state index in [4.69, 9.17) is 5.11 Å². The predicted molar refractivity (Wildman–Crippen MR) is 85.0 cm³/mol. The van der Waals surface area contributed by atoms with Gasteiger partial charge in [0, 0.05) is 11.8 Å². The van der Waals surface area contributed by atoms with Crippen molar-refractivity contribution >= 4 is 29.7 Å². The van der Waals surface area contributed by atoms with E-state index in [2.05, 4.69) is 6.92 Å². The number of amides is 1. The van der Waals surface area contributed by atoms with Gasteiger partial charge in [-0.1, -0.05) is 31.2 Å². The van der Waals surface area contributed by atoms with Crippen LogP contribution in [0.2, 0.25) is 0 Å². The molecular weight excluding hydrogens is 286 g/mol. The molecule has 0 bridgehead atoms. The van der Waals surface area contributed by atoms with E-state index >= 15 is 0 Å². The quantitative estimate of drug-likeness (QED) is 0.869. The summed E-state index contributed by atoms with van der Waals surface area (Å²) >= 11 is 1.49. The summed E-state index contributed by atoms with van der Waals surface area (Å²) < 4.78 is 0. The lowest BCUT2D eigenvalue weighted by molar-refractivity contribution is -0.147. The number of carbonyl (C=O) groups is 2. The minimum atomic E-state index is -0.944. The van der Waals surface area contributed by atoms with Crippen LogP contribution in [0.5, 0.6) is 0 Å². The number of carboxylic acid groups (broad SMARTS) is 1. The van der Waals surface area contributed by atoms with Crippen molar-refractivity contribution in [1.82, 2.24) is 4.90 Å². The molecule has 2 unspecified atom stereocenters. The Kier molecular flexibility index (Phi) is 5.07. The first-order chi connectivity index (χ1) is 10.0. The van der Waals surface area contributed by atoms with E-state index in [-0.39, 0.29) is 11.3 Å². The second kappa shape index (κ2) is 6.80. The average Bonchev–Trinajstić information content (AvgIpc) is 2.87. The van der Waals surface area contributed by atoms with Crippen molar-refractivity contribution in [3.05, 3.63) is 41.5 Å². The number of hydrogen-bond donors (Lipinski definition) is 1. The molecule has 0 spiro atoms. The van der Waals surface area contributed by atoms with E-state index in [1.165, 1.54) is 28.3 Å². The number of carboxylic acids is 1. The van der Waals surface area contributed by atoms with Gasteiger partial charge in [-0.25, -0.2) is 4.79 Å². The molecule has 1 aliphatic heterocycles. The van der Waals surface area contributed by atoms with Crippen molar-refractivity contribution in [2.45, 2.75) is 31.7 Å². The Morgan fingerprint density at radius 3 is 2.62 bits per heavy atom. The fourth-order valence-electron chi connectivity index (χ4n) is 2.29. The maximum Gasteiger partial charge on any atom is 0.327 e. The van der Waals surface area contributed by atoms with Crippen LogP contribution in [-0.2, 0) is 16.0 Å². The lowest BCUT2D eigenvalue weighted by Gasteiger charge is -2.23. The second-order valence-corrected chi connectivity index (χ2v) is 6.31. The molecule has 21 heavy (non-hydrogen) atoms. The normalized spacial score (nSPS) is 21.9. The standard InChI is InChI=1S/C16H19NO3S/c1-3-12-4-6-13(7-5-12)8-9-15(18)17-11(2)21-10-14(17)16(19)20/h4-9,11,14H,3,10H2,1-2H3,(H,19,20). The summed E-state index contributed by atoms with van der Waals surface area (Å²) in [5, 5.41) is 9.06. The van der Waals surface area contributed by atoms with Gasteiger partial charge in [0.15, 0.2) is 0 Å². The first kappa shape index (κ1) is 15.6. The highest BCUT2D eigenvalue weighted by molar-refractivity contribution is 8.00. The molecule has 1 N–H and O–H groups in total. The molecule has 0 saturated carbocycles. The van der Waals surface area contributed by atoms with E-state index in [0.717, 1.165) is 12.0 Å². The molecule has 1 fully saturated rings. The highest BCUT2D eigenvalue weighted by Gasteiger charge is 2.38. The number of thioether (sulfide) groups is 1. The molecule has 0 aliphatic carbocycles. The molecular formula is C16H19NO3S. The Morgan fingerprint density at radius 2 is 2.05 bits per heavy atom. The third-order valence-electron chi connectivity index (χ3n) is 3.57. The summed E-state index contributed by atoms with van der Waals surface area (Å²) in [5.41, 5.74) is 2.18. The smallest absolute Gasteiger partial charge is 0.327 e. The molecule has 1 amide bonds. The van der Waals surface area contributed by atoms with Crippen LogP contribution in [0.3, 0.4) is 0 Å². The largest absolute Gasteiger partial charge is 0.480 e. The number of aliphatic carboxylic acids is 1. The van der Waals surface area contributed by atoms with Gasteiger partial charge in [0.25, 0.3) is 0 Å². The second-order valence-electron chi connectivity index (χ2n) is 4.96. The molecule has 1 aromatic rings. The van der Waals surface area contributed by atoms with Gasteiger partial charge in [0.1, 0.15) is 6.04 Å². The van der Waals surface area contributed by atoms with E-state index in [9.17, 15) is 9.59 Å². The molecule has 4 nitrogen and oxygen atoms in total. The summed E-state index contributed by atoms with van der Waals surface area (Å²) in [6.45, 7) is 3.95. The van der Waals surface area contributed by atoms with Gasteiger partial charge in [-0.2, -0.15) is 0 Å². The first-order valence-electron chi connectivity index (χ1n) is 6.96. The molecule has 0 radical (unpaired) electrons. The van der Waals surface area contributed by atoms with Crippen LogP contribution in [0.25, 0.3) is 6.08 Å². The van der Waals surface area contributed by atoms with E-state index in [1.807, 2.05) is 31.2 Å². The molecule has 2 atom stereocenters. The fraction of sp³-hybridized carbons (Fsp3) is 0.375. The number of hydrogen-bond acceptors (Lipinski definition) is 3. The summed E-state index contributed by atoms with van der Waals surface area (Å²) in [6.07, 6.45) is 4.17. The van der Waals surface area contributed by atoms with Crippen molar-refractivity contribution in [3.63, 3.8) is 0 Å². The van der Waals surface area contributed by atoms with Crippen LogP contribution in [0.1, 0.15) is 25.0 Å². The number of nitrogens with zero attached hydrogens (tertiary/aromatic N) is 1. The monoisotopic (exact) mass is 305 g/mol. The summed E-state index contributed by atoms with van der Waals surface area (Å²) in [7, 11) is 0. The topological polar surface area (TPSA) is 57.6 Å².